The second kappa shape index (κ2) is 5.53. The number of hydrogen-bond donors (Lipinski definition) is 3. The summed E-state index contributed by atoms with van der Waals surface area (Å²) in [7, 11) is 0. The highest BCUT2D eigenvalue weighted by Gasteiger charge is 2.65. The fraction of sp³-hybridized carbons (Fsp3) is 0.824. The van der Waals surface area contributed by atoms with Crippen molar-refractivity contribution in [3.8, 4) is 0 Å². The number of amides is 2. The van der Waals surface area contributed by atoms with E-state index in [2.05, 4.69) is 10.6 Å². The zero-order valence-corrected chi connectivity index (χ0v) is 13.0. The monoisotopic (exact) mass is 306 g/mol. The maximum Gasteiger partial charge on any atom is 0.315 e. The van der Waals surface area contributed by atoms with Crippen molar-refractivity contribution < 1.29 is 14.6 Å². The van der Waals surface area contributed by atoms with Crippen molar-refractivity contribution in [2.45, 2.75) is 56.7 Å². The molecule has 1 heterocycles. The van der Waals surface area contributed by atoms with Gasteiger partial charge in [0.1, 0.15) is 0 Å². The van der Waals surface area contributed by atoms with Gasteiger partial charge in [-0.1, -0.05) is 25.0 Å². The van der Waals surface area contributed by atoms with Crippen LogP contribution in [0.4, 0.5) is 4.79 Å². The Labute approximate surface area is 131 Å². The first-order chi connectivity index (χ1) is 10.7. The molecule has 4 aliphatic rings. The maximum absolute atomic E-state index is 12.4. The molecule has 0 aromatic carbocycles. The summed E-state index contributed by atoms with van der Waals surface area (Å²) >= 11 is 0. The molecule has 3 unspecified atom stereocenters. The van der Waals surface area contributed by atoms with Crippen molar-refractivity contribution in [3.63, 3.8) is 0 Å². The number of nitrogens with one attached hydrogen (secondary N) is 2. The van der Waals surface area contributed by atoms with Gasteiger partial charge in [-0.15, -0.1) is 0 Å². The third-order valence-electron chi connectivity index (χ3n) is 6.30. The molecule has 3 aliphatic carbocycles. The molecule has 22 heavy (non-hydrogen) atoms. The number of rotatable bonds is 3. The number of aliphatic hydroxyl groups excluding tert-OH is 1. The zero-order valence-electron chi connectivity index (χ0n) is 13.0. The molecule has 5 atom stereocenters. The second-order valence-corrected chi connectivity index (χ2v) is 7.45. The normalized spacial score (nSPS) is 41.4. The van der Waals surface area contributed by atoms with Gasteiger partial charge in [-0.05, 0) is 25.7 Å². The van der Waals surface area contributed by atoms with E-state index >= 15 is 0 Å². The first-order valence-corrected chi connectivity index (χ1v) is 8.71. The third-order valence-corrected chi connectivity index (χ3v) is 6.30. The zero-order chi connectivity index (χ0) is 15.2. The van der Waals surface area contributed by atoms with Crippen LogP contribution >= 0.6 is 0 Å². The van der Waals surface area contributed by atoms with Gasteiger partial charge in [0.15, 0.2) is 0 Å². The lowest BCUT2D eigenvalue weighted by Crippen LogP contribution is -2.69. The van der Waals surface area contributed by atoms with Crippen LogP contribution in [0.5, 0.6) is 0 Å². The van der Waals surface area contributed by atoms with E-state index in [1.54, 1.807) is 0 Å². The molecule has 3 fully saturated rings. The van der Waals surface area contributed by atoms with Crippen molar-refractivity contribution in [1.29, 1.82) is 0 Å². The van der Waals surface area contributed by atoms with Crippen LogP contribution in [0.15, 0.2) is 12.2 Å². The number of carbonyl (C=O) groups excluding carboxylic acids is 1. The van der Waals surface area contributed by atoms with E-state index in [0.29, 0.717) is 12.0 Å². The van der Waals surface area contributed by atoms with E-state index in [9.17, 15) is 4.79 Å². The molecule has 0 radical (unpaired) electrons. The van der Waals surface area contributed by atoms with E-state index in [-0.39, 0.29) is 36.1 Å². The van der Waals surface area contributed by atoms with Gasteiger partial charge in [0.05, 0.1) is 6.10 Å². The molecule has 0 aromatic heterocycles. The van der Waals surface area contributed by atoms with E-state index < -0.39 is 0 Å². The van der Waals surface area contributed by atoms with Crippen LogP contribution in [0, 0.1) is 17.3 Å². The summed E-state index contributed by atoms with van der Waals surface area (Å²) < 4.78 is 5.95. The van der Waals surface area contributed by atoms with E-state index in [1.165, 1.54) is 25.7 Å². The average Bonchev–Trinajstić information content (AvgIpc) is 3.24. The SMILES string of the molecule is O=C(NC1C2CCOC2C12CCCC2)N[C@@H]1C=C[C@H](CO)C1. The number of hydrogen-bond acceptors (Lipinski definition) is 3. The van der Waals surface area contributed by atoms with Gasteiger partial charge in [-0.2, -0.15) is 0 Å². The molecule has 122 valence electrons. The summed E-state index contributed by atoms with van der Waals surface area (Å²) in [5, 5.41) is 15.5. The summed E-state index contributed by atoms with van der Waals surface area (Å²) in [5.74, 6) is 0.691. The number of carbonyl (C=O) groups is 1. The Kier molecular flexibility index (Phi) is 3.65. The van der Waals surface area contributed by atoms with E-state index in [4.69, 9.17) is 9.84 Å². The van der Waals surface area contributed by atoms with Crippen LogP contribution in [-0.2, 0) is 4.74 Å². The molecule has 3 N–H and O–H groups in total. The van der Waals surface area contributed by atoms with Gasteiger partial charge < -0.3 is 20.5 Å². The number of fused-ring (bicyclic) bond motifs is 2. The highest BCUT2D eigenvalue weighted by molar-refractivity contribution is 5.75. The molecule has 1 saturated heterocycles. The average molecular weight is 306 g/mol. The molecule has 0 aromatic rings. The van der Waals surface area contributed by atoms with E-state index in [1.807, 2.05) is 12.2 Å². The van der Waals surface area contributed by atoms with Gasteiger partial charge >= 0.3 is 6.03 Å². The Morgan fingerprint density at radius 1 is 1.27 bits per heavy atom. The summed E-state index contributed by atoms with van der Waals surface area (Å²) in [4.78, 5) is 12.4. The molecule has 4 rings (SSSR count). The predicted molar refractivity (Wildman–Crippen MR) is 82.3 cm³/mol. The van der Waals surface area contributed by atoms with Gasteiger partial charge in [-0.25, -0.2) is 4.79 Å². The molecular weight excluding hydrogens is 280 g/mol. The Hall–Kier alpha value is -1.07. The predicted octanol–water partition coefficient (Wildman–Crippen LogP) is 1.57. The first-order valence-electron chi connectivity index (χ1n) is 8.71. The minimum Gasteiger partial charge on any atom is -0.396 e. The summed E-state index contributed by atoms with van der Waals surface area (Å²) in [6, 6.07) is 0.267. The molecule has 5 heteroatoms. The fourth-order valence-electron chi connectivity index (χ4n) is 5.27. The highest BCUT2D eigenvalue weighted by Crippen LogP contribution is 2.60. The third kappa shape index (κ3) is 2.17. The first kappa shape index (κ1) is 14.5. The van der Waals surface area contributed by atoms with E-state index in [0.717, 1.165) is 19.4 Å². The molecule has 0 bridgehead atoms. The van der Waals surface area contributed by atoms with Gasteiger partial charge in [-0.3, -0.25) is 0 Å². The lowest BCUT2D eigenvalue weighted by atomic mass is 9.54. The molecule has 2 amide bonds. The second-order valence-electron chi connectivity index (χ2n) is 7.45. The van der Waals surface area contributed by atoms with Crippen LogP contribution in [0.3, 0.4) is 0 Å². The number of ether oxygens (including phenoxy) is 1. The van der Waals surface area contributed by atoms with Gasteiger partial charge in [0.2, 0.25) is 0 Å². The number of aliphatic hydroxyl groups is 1. The smallest absolute Gasteiger partial charge is 0.315 e. The Morgan fingerprint density at radius 3 is 2.82 bits per heavy atom. The van der Waals surface area contributed by atoms with Gasteiger partial charge in [0, 0.05) is 42.5 Å². The highest BCUT2D eigenvalue weighted by atomic mass is 16.5. The topological polar surface area (TPSA) is 70.6 Å². The van der Waals surface area contributed by atoms with Crippen molar-refractivity contribution in [2.24, 2.45) is 17.3 Å². The Balaban J connectivity index is 1.36. The quantitative estimate of drug-likeness (QED) is 0.693. The van der Waals surface area contributed by atoms with Gasteiger partial charge in [0.25, 0.3) is 0 Å². The van der Waals surface area contributed by atoms with Crippen molar-refractivity contribution in [3.05, 3.63) is 12.2 Å². The summed E-state index contributed by atoms with van der Waals surface area (Å²) in [5.41, 5.74) is 0.206. The lowest BCUT2D eigenvalue weighted by molar-refractivity contribution is -0.126. The van der Waals surface area contributed by atoms with Crippen LogP contribution in [0.2, 0.25) is 0 Å². The maximum atomic E-state index is 12.4. The Bertz CT molecular complexity index is 473. The van der Waals surface area contributed by atoms with Crippen LogP contribution in [0.25, 0.3) is 0 Å². The lowest BCUT2D eigenvalue weighted by Gasteiger charge is -2.56. The molecule has 5 nitrogen and oxygen atoms in total. The molecule has 1 spiro atoms. The molecular formula is C17H26N2O3. The van der Waals surface area contributed by atoms with Crippen LogP contribution in [0.1, 0.15) is 38.5 Å². The van der Waals surface area contributed by atoms with Crippen LogP contribution < -0.4 is 10.6 Å². The minimum absolute atomic E-state index is 0.0485. The Morgan fingerprint density at radius 2 is 2.09 bits per heavy atom. The van der Waals surface area contributed by atoms with Crippen molar-refractivity contribution in [2.75, 3.05) is 13.2 Å². The molecule has 2 saturated carbocycles. The summed E-state index contributed by atoms with van der Waals surface area (Å²) in [6.07, 6.45) is 11.1. The number of urea groups is 1. The van der Waals surface area contributed by atoms with Crippen molar-refractivity contribution in [1.82, 2.24) is 10.6 Å². The molecule has 1 aliphatic heterocycles. The minimum atomic E-state index is -0.0603. The largest absolute Gasteiger partial charge is 0.396 e. The van der Waals surface area contributed by atoms with Crippen molar-refractivity contribution >= 4 is 6.03 Å². The van der Waals surface area contributed by atoms with Crippen LogP contribution in [-0.4, -0.2) is 42.5 Å². The fourth-order valence-corrected chi connectivity index (χ4v) is 5.27. The summed E-state index contributed by atoms with van der Waals surface area (Å²) in [6.45, 7) is 1.00. The standard InChI is InChI=1S/C17H26N2O3/c20-10-11-3-4-12(9-11)18-16(21)19-14-13-5-8-22-15(13)17(14)6-1-2-7-17/h3-4,11-15,20H,1-2,5-10H2,(H2,18,19,21)/t11-,12+,13?,14?,15?/m0/s1.